The lowest BCUT2D eigenvalue weighted by atomic mass is 10.1. The molecule has 0 aromatic heterocycles. The molecule has 0 saturated carbocycles. The van der Waals surface area contributed by atoms with Crippen LogP contribution in [0.1, 0.15) is 22.3 Å². The third kappa shape index (κ3) is 2.80. The van der Waals surface area contributed by atoms with Crippen molar-refractivity contribution in [1.29, 1.82) is 0 Å². The summed E-state index contributed by atoms with van der Waals surface area (Å²) in [7, 11) is -3.55. The molecule has 4 nitrogen and oxygen atoms in total. The Morgan fingerprint density at radius 3 is 2.52 bits per heavy atom. The van der Waals surface area contributed by atoms with Crippen molar-refractivity contribution in [3.63, 3.8) is 0 Å². The second-order valence-corrected chi connectivity index (χ2v) is 7.14. The predicted octanol–water partition coefficient (Wildman–Crippen LogP) is 2.71. The highest BCUT2D eigenvalue weighted by Gasteiger charge is 2.18. The molecule has 0 fully saturated rings. The van der Waals surface area contributed by atoms with Crippen LogP contribution in [0.15, 0.2) is 41.3 Å². The van der Waals surface area contributed by atoms with Gasteiger partial charge in [-0.1, -0.05) is 23.8 Å². The molecule has 21 heavy (non-hydrogen) atoms. The third-order valence-electron chi connectivity index (χ3n) is 3.75. The fourth-order valence-corrected chi connectivity index (χ4v) is 3.75. The van der Waals surface area contributed by atoms with E-state index in [4.69, 9.17) is 0 Å². The Bertz CT molecular complexity index is 798. The highest BCUT2D eigenvalue weighted by atomic mass is 32.2. The van der Waals surface area contributed by atoms with Crippen molar-refractivity contribution in [2.45, 2.75) is 31.8 Å². The molecule has 1 aliphatic heterocycles. The maximum atomic E-state index is 12.5. The van der Waals surface area contributed by atoms with Gasteiger partial charge in [0.25, 0.3) is 10.0 Å². The Hall–Kier alpha value is -1.85. The molecular weight excluding hydrogens is 284 g/mol. The van der Waals surface area contributed by atoms with Crippen molar-refractivity contribution in [3.05, 3.63) is 58.7 Å². The van der Waals surface area contributed by atoms with Gasteiger partial charge in [-0.15, -0.1) is 0 Å². The minimum atomic E-state index is -3.55. The highest BCUT2D eigenvalue weighted by Crippen LogP contribution is 2.24. The molecule has 2 N–H and O–H groups in total. The molecule has 2 aromatic carbocycles. The summed E-state index contributed by atoms with van der Waals surface area (Å²) >= 11 is 0. The molecule has 0 unspecified atom stereocenters. The lowest BCUT2D eigenvalue weighted by molar-refractivity contribution is 0.601. The van der Waals surface area contributed by atoms with Crippen LogP contribution in [0.3, 0.4) is 0 Å². The summed E-state index contributed by atoms with van der Waals surface area (Å²) in [5.41, 5.74) is 4.87. The number of hydrogen-bond donors (Lipinski definition) is 2. The number of hydrogen-bond acceptors (Lipinski definition) is 3. The molecule has 5 heteroatoms. The van der Waals surface area contributed by atoms with Crippen LogP contribution >= 0.6 is 0 Å². The third-order valence-corrected chi connectivity index (χ3v) is 5.11. The van der Waals surface area contributed by atoms with Gasteiger partial charge in [0.2, 0.25) is 0 Å². The second-order valence-electron chi connectivity index (χ2n) is 5.46. The van der Waals surface area contributed by atoms with Crippen molar-refractivity contribution < 1.29 is 8.42 Å². The lowest BCUT2D eigenvalue weighted by Crippen LogP contribution is -2.14. The number of nitrogens with one attached hydrogen (secondary N) is 2. The molecule has 1 heterocycles. The average Bonchev–Trinajstić information content (AvgIpc) is 2.89. The van der Waals surface area contributed by atoms with Crippen molar-refractivity contribution in [2.75, 3.05) is 4.72 Å². The quantitative estimate of drug-likeness (QED) is 0.916. The highest BCUT2D eigenvalue weighted by molar-refractivity contribution is 7.92. The van der Waals surface area contributed by atoms with Crippen LogP contribution in [0, 0.1) is 13.8 Å². The zero-order valence-corrected chi connectivity index (χ0v) is 12.9. The summed E-state index contributed by atoms with van der Waals surface area (Å²) in [6.45, 7) is 5.42. The minimum Gasteiger partial charge on any atom is -0.309 e. The average molecular weight is 302 g/mol. The fraction of sp³-hybridized carbons (Fsp3) is 0.250. The molecule has 3 rings (SSSR count). The molecular formula is C16H18N2O2S. The maximum Gasteiger partial charge on any atom is 0.261 e. The van der Waals surface area contributed by atoms with Crippen molar-refractivity contribution in [1.82, 2.24) is 5.32 Å². The van der Waals surface area contributed by atoms with Gasteiger partial charge in [0.05, 0.1) is 10.6 Å². The standard InChI is InChI=1S/C16H18N2O2S/c1-11-3-6-16(12(2)7-11)18-21(19,20)15-5-4-13-9-17-10-14(13)8-15/h3-8,17-18H,9-10H2,1-2H3. The number of benzene rings is 2. The monoisotopic (exact) mass is 302 g/mol. The second kappa shape index (κ2) is 5.16. The zero-order chi connectivity index (χ0) is 15.0. The number of aryl methyl sites for hydroxylation is 2. The van der Waals surface area contributed by atoms with E-state index >= 15 is 0 Å². The van der Waals surface area contributed by atoms with Crippen molar-refractivity contribution >= 4 is 15.7 Å². The van der Waals surface area contributed by atoms with E-state index in [0.29, 0.717) is 10.6 Å². The molecule has 0 saturated heterocycles. The first kappa shape index (κ1) is 14.1. The Balaban J connectivity index is 1.93. The van der Waals surface area contributed by atoms with E-state index in [2.05, 4.69) is 10.0 Å². The van der Waals surface area contributed by atoms with Gasteiger partial charge in [0.1, 0.15) is 0 Å². The van der Waals surface area contributed by atoms with Crippen LogP contribution < -0.4 is 10.0 Å². The first-order chi connectivity index (χ1) is 9.95. The molecule has 0 amide bonds. The van der Waals surface area contributed by atoms with E-state index in [9.17, 15) is 8.42 Å². The number of fused-ring (bicyclic) bond motifs is 1. The van der Waals surface area contributed by atoms with Crippen LogP contribution in [0.5, 0.6) is 0 Å². The largest absolute Gasteiger partial charge is 0.309 e. The van der Waals surface area contributed by atoms with Gasteiger partial charge in [-0.25, -0.2) is 8.42 Å². The van der Waals surface area contributed by atoms with Crippen LogP contribution in [-0.2, 0) is 23.1 Å². The van der Waals surface area contributed by atoms with Gasteiger partial charge in [0.15, 0.2) is 0 Å². The first-order valence-corrected chi connectivity index (χ1v) is 8.37. The van der Waals surface area contributed by atoms with Gasteiger partial charge in [-0.05, 0) is 48.7 Å². The van der Waals surface area contributed by atoms with Gasteiger partial charge in [-0.2, -0.15) is 0 Å². The Kier molecular flexibility index (Phi) is 3.47. The summed E-state index contributed by atoms with van der Waals surface area (Å²) < 4.78 is 27.7. The fourth-order valence-electron chi connectivity index (χ4n) is 2.57. The van der Waals surface area contributed by atoms with Crippen LogP contribution in [-0.4, -0.2) is 8.42 Å². The molecule has 0 spiro atoms. The molecule has 110 valence electrons. The summed E-state index contributed by atoms with van der Waals surface area (Å²) in [4.78, 5) is 0.310. The lowest BCUT2D eigenvalue weighted by Gasteiger charge is -2.12. The SMILES string of the molecule is Cc1ccc(NS(=O)(=O)c2ccc3c(c2)CNC3)c(C)c1. The Labute approximate surface area is 125 Å². The number of sulfonamides is 1. The molecule has 2 aromatic rings. The van der Waals surface area contributed by atoms with Gasteiger partial charge >= 0.3 is 0 Å². The topological polar surface area (TPSA) is 58.2 Å². The first-order valence-electron chi connectivity index (χ1n) is 6.88. The Morgan fingerprint density at radius 2 is 1.76 bits per heavy atom. The summed E-state index contributed by atoms with van der Waals surface area (Å²) in [6.07, 6.45) is 0. The van der Waals surface area contributed by atoms with Crippen LogP contribution in [0.2, 0.25) is 0 Å². The van der Waals surface area contributed by atoms with Gasteiger partial charge < -0.3 is 5.32 Å². The minimum absolute atomic E-state index is 0.310. The molecule has 1 aliphatic rings. The van der Waals surface area contributed by atoms with Crippen molar-refractivity contribution in [2.24, 2.45) is 0 Å². The number of anilines is 1. The van der Waals surface area contributed by atoms with E-state index in [1.54, 1.807) is 18.2 Å². The smallest absolute Gasteiger partial charge is 0.261 e. The molecule has 0 bridgehead atoms. The zero-order valence-electron chi connectivity index (χ0n) is 12.1. The number of rotatable bonds is 3. The normalized spacial score (nSPS) is 14.0. The molecule has 0 atom stereocenters. The van der Waals surface area contributed by atoms with E-state index < -0.39 is 10.0 Å². The van der Waals surface area contributed by atoms with E-state index in [-0.39, 0.29) is 0 Å². The molecule has 0 aliphatic carbocycles. The van der Waals surface area contributed by atoms with Crippen LogP contribution in [0.4, 0.5) is 5.69 Å². The van der Waals surface area contributed by atoms with Gasteiger partial charge in [0, 0.05) is 13.1 Å². The molecule has 0 radical (unpaired) electrons. The van der Waals surface area contributed by atoms with Crippen LogP contribution in [0.25, 0.3) is 0 Å². The predicted molar refractivity (Wildman–Crippen MR) is 83.7 cm³/mol. The maximum absolute atomic E-state index is 12.5. The summed E-state index contributed by atoms with van der Waals surface area (Å²) in [5.74, 6) is 0. The Morgan fingerprint density at radius 1 is 1.00 bits per heavy atom. The summed E-state index contributed by atoms with van der Waals surface area (Å²) in [6, 6.07) is 11.0. The van der Waals surface area contributed by atoms with Crippen molar-refractivity contribution in [3.8, 4) is 0 Å². The van der Waals surface area contributed by atoms with Gasteiger partial charge in [-0.3, -0.25) is 4.72 Å². The van der Waals surface area contributed by atoms with E-state index in [1.807, 2.05) is 32.0 Å². The van der Waals surface area contributed by atoms with E-state index in [1.165, 1.54) is 5.56 Å². The summed E-state index contributed by atoms with van der Waals surface area (Å²) in [5, 5.41) is 3.22. The van der Waals surface area contributed by atoms with E-state index in [0.717, 1.165) is 29.8 Å².